The van der Waals surface area contributed by atoms with Crippen LogP contribution in [0.15, 0.2) is 71.5 Å². The number of carbonyl (C=O) groups excluding carboxylic acids is 1. The van der Waals surface area contributed by atoms with E-state index in [1.807, 2.05) is 75.4 Å². The van der Waals surface area contributed by atoms with Crippen molar-refractivity contribution in [3.63, 3.8) is 0 Å². The minimum atomic E-state index is -0.896. The highest BCUT2D eigenvalue weighted by Crippen LogP contribution is 2.29. The molecule has 1 aliphatic rings. The number of carbonyl (C=O) groups is 1. The average Bonchev–Trinajstić information content (AvgIpc) is 3.50. The van der Waals surface area contributed by atoms with Crippen molar-refractivity contribution >= 4 is 23.3 Å². The fourth-order valence-electron chi connectivity index (χ4n) is 5.00. The molecule has 1 unspecified atom stereocenters. The minimum absolute atomic E-state index is 0.00422. The Morgan fingerprint density at radius 3 is 2.30 bits per heavy atom. The van der Waals surface area contributed by atoms with Gasteiger partial charge in [-0.25, -0.2) is 9.97 Å². The predicted molar refractivity (Wildman–Crippen MR) is 165 cm³/mol. The second-order valence-corrected chi connectivity index (χ2v) is 11.8. The van der Waals surface area contributed by atoms with Crippen LogP contribution in [0.2, 0.25) is 0 Å². The number of hydrogen-bond acceptors (Lipinski definition) is 10. The number of nitrogens with zero attached hydrogens (tertiary/aromatic N) is 3. The van der Waals surface area contributed by atoms with Gasteiger partial charge in [0.05, 0.1) is 11.3 Å². The molecule has 7 N–H and O–H groups in total. The van der Waals surface area contributed by atoms with Crippen LogP contribution in [0.4, 0.5) is 11.6 Å². The topological polar surface area (TPSA) is 178 Å². The fourth-order valence-corrected chi connectivity index (χ4v) is 5.00. The zero-order valence-corrected chi connectivity index (χ0v) is 24.6. The second kappa shape index (κ2) is 12.6. The molecule has 5 rings (SSSR count). The molecule has 1 atom stereocenters. The molecular formula is C32H38N8O3. The Morgan fingerprint density at radius 2 is 1.65 bits per heavy atom. The van der Waals surface area contributed by atoms with Crippen molar-refractivity contribution in [3.8, 4) is 11.5 Å². The zero-order valence-electron chi connectivity index (χ0n) is 24.6. The standard InChI is InChI=1S/C32H38N8O3/c1-32(2,3)25-17-24(40-43-25)28(34)31(41)39-21-13-11-20(12-14-21)38-30-26(29(35)36-18-37-30)27(33)19-9-15-23(16-10-19)42-22-7-5-4-6-8-22/h4-10,15-18,20-21,28,33H,11-14,34H2,1-3H3,(H,39,41)(H3,35,36,37,38). The molecule has 224 valence electrons. The SMILES string of the molecule is CC(C)(C)c1cc(C(N)C(=O)NC2CCC(Nc3ncnc(N)c3C(=N)c3ccc(Oc4ccccc4)cc3)CC2)no1. The van der Waals surface area contributed by atoms with Crippen molar-refractivity contribution in [1.29, 1.82) is 5.41 Å². The van der Waals surface area contributed by atoms with E-state index in [1.54, 1.807) is 6.07 Å². The van der Waals surface area contributed by atoms with Gasteiger partial charge in [0.1, 0.15) is 47.0 Å². The van der Waals surface area contributed by atoms with E-state index < -0.39 is 6.04 Å². The number of hydrogen-bond donors (Lipinski definition) is 5. The van der Waals surface area contributed by atoms with Crippen molar-refractivity contribution in [2.24, 2.45) is 5.73 Å². The number of nitrogens with two attached hydrogens (primary N) is 2. The molecule has 2 aromatic carbocycles. The van der Waals surface area contributed by atoms with Crippen molar-refractivity contribution in [2.75, 3.05) is 11.1 Å². The number of nitrogen functional groups attached to an aromatic ring is 1. The van der Waals surface area contributed by atoms with E-state index in [9.17, 15) is 4.79 Å². The number of amides is 1. The molecule has 2 aromatic heterocycles. The molecule has 11 heteroatoms. The molecule has 0 saturated heterocycles. The average molecular weight is 583 g/mol. The van der Waals surface area contributed by atoms with Gasteiger partial charge in [0, 0.05) is 29.1 Å². The van der Waals surface area contributed by atoms with Crippen LogP contribution in [0.3, 0.4) is 0 Å². The van der Waals surface area contributed by atoms with E-state index in [1.165, 1.54) is 6.33 Å². The molecular weight excluding hydrogens is 544 g/mol. The van der Waals surface area contributed by atoms with Gasteiger partial charge in [-0.3, -0.25) is 10.2 Å². The Balaban J connectivity index is 1.18. The molecule has 0 bridgehead atoms. The number of aromatic nitrogens is 3. The molecule has 0 radical (unpaired) electrons. The molecule has 1 amide bonds. The third-order valence-corrected chi connectivity index (χ3v) is 7.53. The minimum Gasteiger partial charge on any atom is -0.457 e. The molecule has 43 heavy (non-hydrogen) atoms. The Kier molecular flexibility index (Phi) is 8.72. The van der Waals surface area contributed by atoms with Crippen LogP contribution in [0.1, 0.15) is 75.1 Å². The highest BCUT2D eigenvalue weighted by Gasteiger charge is 2.29. The van der Waals surface area contributed by atoms with Crippen molar-refractivity contribution in [2.45, 2.75) is 70.0 Å². The van der Waals surface area contributed by atoms with Crippen LogP contribution in [0.5, 0.6) is 11.5 Å². The second-order valence-electron chi connectivity index (χ2n) is 11.8. The largest absolute Gasteiger partial charge is 0.457 e. The lowest BCUT2D eigenvalue weighted by atomic mass is 9.90. The van der Waals surface area contributed by atoms with E-state index >= 15 is 0 Å². The van der Waals surface area contributed by atoms with E-state index in [2.05, 4.69) is 25.8 Å². The van der Waals surface area contributed by atoms with Gasteiger partial charge in [-0.15, -0.1) is 0 Å². The monoisotopic (exact) mass is 582 g/mol. The number of para-hydroxylation sites is 1. The summed E-state index contributed by atoms with van der Waals surface area (Å²) in [6, 6.07) is 17.7. The lowest BCUT2D eigenvalue weighted by molar-refractivity contribution is -0.123. The predicted octanol–water partition coefficient (Wildman–Crippen LogP) is 5.09. The first-order valence-corrected chi connectivity index (χ1v) is 14.4. The summed E-state index contributed by atoms with van der Waals surface area (Å²) < 4.78 is 11.3. The van der Waals surface area contributed by atoms with Gasteiger partial charge in [-0.2, -0.15) is 0 Å². The van der Waals surface area contributed by atoms with Gasteiger partial charge in [-0.1, -0.05) is 44.1 Å². The first kappa shape index (κ1) is 29.7. The van der Waals surface area contributed by atoms with Crippen molar-refractivity contribution in [3.05, 3.63) is 89.6 Å². The summed E-state index contributed by atoms with van der Waals surface area (Å²) in [5.74, 6) is 2.55. The molecule has 4 aromatic rings. The summed E-state index contributed by atoms with van der Waals surface area (Å²) in [6.45, 7) is 6.03. The first-order valence-electron chi connectivity index (χ1n) is 14.4. The van der Waals surface area contributed by atoms with Gasteiger partial charge in [0.2, 0.25) is 5.91 Å². The van der Waals surface area contributed by atoms with E-state index in [-0.39, 0.29) is 34.9 Å². The van der Waals surface area contributed by atoms with Crippen LogP contribution < -0.4 is 26.8 Å². The number of nitrogens with one attached hydrogen (secondary N) is 3. The van der Waals surface area contributed by atoms with Crippen LogP contribution in [-0.2, 0) is 10.2 Å². The Labute approximate surface area is 250 Å². The summed E-state index contributed by atoms with van der Waals surface area (Å²) in [4.78, 5) is 21.4. The molecule has 0 aliphatic heterocycles. The Morgan fingerprint density at radius 1 is 1.00 bits per heavy atom. The van der Waals surface area contributed by atoms with Gasteiger partial charge in [0.25, 0.3) is 0 Å². The van der Waals surface area contributed by atoms with Crippen LogP contribution in [0, 0.1) is 5.41 Å². The summed E-state index contributed by atoms with van der Waals surface area (Å²) in [6.07, 6.45) is 4.51. The van der Waals surface area contributed by atoms with E-state index in [0.717, 1.165) is 31.4 Å². The van der Waals surface area contributed by atoms with E-state index in [0.29, 0.717) is 34.1 Å². The van der Waals surface area contributed by atoms with Gasteiger partial charge >= 0.3 is 0 Å². The molecule has 1 aliphatic carbocycles. The number of benzene rings is 2. The summed E-state index contributed by atoms with van der Waals surface area (Å²) >= 11 is 0. The molecule has 0 spiro atoms. The maximum absolute atomic E-state index is 12.9. The molecule has 1 fully saturated rings. The molecule has 11 nitrogen and oxygen atoms in total. The van der Waals surface area contributed by atoms with Crippen LogP contribution in [0.25, 0.3) is 0 Å². The molecule has 1 saturated carbocycles. The van der Waals surface area contributed by atoms with Crippen molar-refractivity contribution in [1.82, 2.24) is 20.4 Å². The first-order chi connectivity index (χ1) is 20.6. The Bertz CT molecular complexity index is 1560. The quantitative estimate of drug-likeness (QED) is 0.168. The fraction of sp³-hybridized carbons (Fsp3) is 0.344. The van der Waals surface area contributed by atoms with Gasteiger partial charge < -0.3 is 31.4 Å². The maximum atomic E-state index is 12.9. The van der Waals surface area contributed by atoms with Gasteiger partial charge in [0.15, 0.2) is 0 Å². The summed E-state index contributed by atoms with van der Waals surface area (Å²) in [7, 11) is 0. The lowest BCUT2D eigenvalue weighted by Gasteiger charge is -2.31. The number of anilines is 2. The third kappa shape index (κ3) is 7.18. The summed E-state index contributed by atoms with van der Waals surface area (Å²) in [5.41, 5.74) is 14.0. The van der Waals surface area contributed by atoms with Gasteiger partial charge in [-0.05, 0) is 62.1 Å². The van der Waals surface area contributed by atoms with Crippen molar-refractivity contribution < 1.29 is 14.1 Å². The zero-order chi connectivity index (χ0) is 30.6. The normalized spacial score (nSPS) is 17.6. The number of ether oxygens (including phenoxy) is 1. The Hall–Kier alpha value is -4.77. The number of rotatable bonds is 9. The molecule has 2 heterocycles. The third-order valence-electron chi connectivity index (χ3n) is 7.53. The van der Waals surface area contributed by atoms with Crippen LogP contribution >= 0.6 is 0 Å². The maximum Gasteiger partial charge on any atom is 0.243 e. The van der Waals surface area contributed by atoms with E-state index in [4.69, 9.17) is 26.1 Å². The highest BCUT2D eigenvalue weighted by molar-refractivity contribution is 6.16. The highest BCUT2D eigenvalue weighted by atomic mass is 16.5. The smallest absolute Gasteiger partial charge is 0.243 e. The summed E-state index contributed by atoms with van der Waals surface area (Å²) in [5, 5.41) is 19.5. The lowest BCUT2D eigenvalue weighted by Crippen LogP contribution is -2.44. The van der Waals surface area contributed by atoms with Crippen LogP contribution in [-0.4, -0.2) is 38.8 Å².